The van der Waals surface area contributed by atoms with Gasteiger partial charge in [-0.05, 0) is 25.1 Å². The third-order valence-corrected chi connectivity index (χ3v) is 3.71. The molecule has 0 radical (unpaired) electrons. The minimum absolute atomic E-state index is 0.0554. The van der Waals surface area contributed by atoms with E-state index in [0.29, 0.717) is 17.9 Å². The van der Waals surface area contributed by atoms with Crippen molar-refractivity contribution in [2.45, 2.75) is 18.4 Å². The number of alkyl halides is 1. The Kier molecular flexibility index (Phi) is 5.52. The van der Waals surface area contributed by atoms with Crippen LogP contribution >= 0.6 is 0 Å². The number of nitrogens with one attached hydrogen (secondary N) is 1. The van der Waals surface area contributed by atoms with Crippen molar-refractivity contribution < 1.29 is 17.5 Å². The normalized spacial score (nSPS) is 11.5. The number of benzene rings is 1. The van der Waals surface area contributed by atoms with Crippen molar-refractivity contribution in [3.8, 4) is 5.75 Å². The van der Waals surface area contributed by atoms with Crippen LogP contribution in [-0.4, -0.2) is 28.2 Å². The minimum Gasteiger partial charge on any atom is -0.494 e. The molecule has 5 nitrogen and oxygen atoms in total. The Morgan fingerprint density at radius 3 is 2.72 bits per heavy atom. The van der Waals surface area contributed by atoms with Crippen LogP contribution in [0.3, 0.4) is 0 Å². The van der Waals surface area contributed by atoms with Gasteiger partial charge in [-0.3, -0.25) is 0 Å². The summed E-state index contributed by atoms with van der Waals surface area (Å²) in [4.78, 5) is 0.0554. The lowest BCUT2D eigenvalue weighted by Gasteiger charge is -2.11. The van der Waals surface area contributed by atoms with Gasteiger partial charge < -0.3 is 10.5 Å². The van der Waals surface area contributed by atoms with Gasteiger partial charge in [0.05, 0.1) is 11.5 Å². The molecular weight excluding hydrogens is 259 g/mol. The smallest absolute Gasteiger partial charge is 0.240 e. The predicted molar refractivity (Wildman–Crippen MR) is 66.7 cm³/mol. The highest BCUT2D eigenvalue weighted by atomic mass is 32.2. The molecule has 0 aromatic heterocycles. The van der Waals surface area contributed by atoms with Gasteiger partial charge in [0.1, 0.15) is 12.4 Å². The van der Waals surface area contributed by atoms with E-state index in [2.05, 4.69) is 4.72 Å². The first kappa shape index (κ1) is 14.9. The summed E-state index contributed by atoms with van der Waals surface area (Å²) in [6.07, 6.45) is 0. The maximum atomic E-state index is 12.0. The van der Waals surface area contributed by atoms with E-state index < -0.39 is 16.7 Å². The number of hydrogen-bond acceptors (Lipinski definition) is 4. The fourth-order valence-corrected chi connectivity index (χ4v) is 2.49. The molecule has 1 aromatic rings. The largest absolute Gasteiger partial charge is 0.494 e. The third-order valence-electron chi connectivity index (χ3n) is 2.25. The van der Waals surface area contributed by atoms with E-state index in [0.717, 1.165) is 0 Å². The Labute approximate surface area is 106 Å². The van der Waals surface area contributed by atoms with Crippen LogP contribution < -0.4 is 15.2 Å². The standard InChI is InChI=1S/C11H17FN2O3S/c1-2-17-11-4-3-10(7-9(11)8-13)18(15,16)14-6-5-12/h3-4,7,14H,2,5-6,8,13H2,1H3. The summed E-state index contributed by atoms with van der Waals surface area (Å²) in [6.45, 7) is 1.47. The van der Waals surface area contributed by atoms with E-state index in [1.54, 1.807) is 6.07 Å². The summed E-state index contributed by atoms with van der Waals surface area (Å²) in [5.41, 5.74) is 6.14. The van der Waals surface area contributed by atoms with Crippen LogP contribution in [0.25, 0.3) is 0 Å². The summed E-state index contributed by atoms with van der Waals surface area (Å²) in [7, 11) is -3.69. The molecule has 0 unspecified atom stereocenters. The summed E-state index contributed by atoms with van der Waals surface area (Å²) in [6, 6.07) is 4.39. The lowest BCUT2D eigenvalue weighted by atomic mass is 10.2. The topological polar surface area (TPSA) is 81.4 Å². The Morgan fingerprint density at radius 2 is 2.17 bits per heavy atom. The zero-order valence-corrected chi connectivity index (χ0v) is 11.0. The molecule has 18 heavy (non-hydrogen) atoms. The molecule has 0 aliphatic carbocycles. The highest BCUT2D eigenvalue weighted by Gasteiger charge is 2.15. The van der Waals surface area contributed by atoms with Gasteiger partial charge in [-0.15, -0.1) is 0 Å². The van der Waals surface area contributed by atoms with Gasteiger partial charge in [-0.1, -0.05) is 0 Å². The van der Waals surface area contributed by atoms with Crippen LogP contribution in [0.2, 0.25) is 0 Å². The van der Waals surface area contributed by atoms with Crippen molar-refractivity contribution in [1.82, 2.24) is 4.72 Å². The zero-order chi connectivity index (χ0) is 13.6. The van der Waals surface area contributed by atoms with Gasteiger partial charge in [-0.2, -0.15) is 0 Å². The van der Waals surface area contributed by atoms with Crippen LogP contribution in [0.5, 0.6) is 5.75 Å². The average Bonchev–Trinajstić information content (AvgIpc) is 2.37. The fraction of sp³-hybridized carbons (Fsp3) is 0.455. The van der Waals surface area contributed by atoms with Crippen LogP contribution in [0.15, 0.2) is 23.1 Å². The highest BCUT2D eigenvalue weighted by molar-refractivity contribution is 7.89. The number of sulfonamides is 1. The van der Waals surface area contributed by atoms with Crippen LogP contribution in [-0.2, 0) is 16.6 Å². The van der Waals surface area contributed by atoms with E-state index in [1.807, 2.05) is 6.92 Å². The molecule has 0 amide bonds. The minimum atomic E-state index is -3.69. The van der Waals surface area contributed by atoms with E-state index in [4.69, 9.17) is 10.5 Å². The van der Waals surface area contributed by atoms with Gasteiger partial charge in [0.2, 0.25) is 10.0 Å². The summed E-state index contributed by atoms with van der Waals surface area (Å²) >= 11 is 0. The van der Waals surface area contributed by atoms with Gasteiger partial charge in [0.15, 0.2) is 0 Å². The van der Waals surface area contributed by atoms with Crippen molar-refractivity contribution in [1.29, 1.82) is 0 Å². The maximum Gasteiger partial charge on any atom is 0.240 e. The Bertz CT molecular complexity index is 491. The summed E-state index contributed by atoms with van der Waals surface area (Å²) < 4.78 is 43.0. The van der Waals surface area contributed by atoms with E-state index >= 15 is 0 Å². The lowest BCUT2D eigenvalue weighted by Crippen LogP contribution is -2.26. The van der Waals surface area contributed by atoms with E-state index in [-0.39, 0.29) is 18.0 Å². The molecule has 0 aliphatic rings. The van der Waals surface area contributed by atoms with E-state index in [9.17, 15) is 12.8 Å². The Hall–Kier alpha value is -1.18. The predicted octanol–water partition coefficient (Wildman–Crippen LogP) is 0.792. The molecule has 1 aromatic carbocycles. The number of nitrogens with two attached hydrogens (primary N) is 1. The molecule has 0 heterocycles. The molecule has 1 rings (SSSR count). The monoisotopic (exact) mass is 276 g/mol. The number of ether oxygens (including phenoxy) is 1. The molecular formula is C11H17FN2O3S. The van der Waals surface area contributed by atoms with Crippen LogP contribution in [0.4, 0.5) is 4.39 Å². The van der Waals surface area contributed by atoms with Crippen molar-refractivity contribution in [2.75, 3.05) is 19.8 Å². The second kappa shape index (κ2) is 6.67. The first-order valence-corrected chi connectivity index (χ1v) is 7.05. The molecule has 102 valence electrons. The molecule has 0 saturated carbocycles. The Balaban J connectivity index is 3.04. The molecule has 0 spiro atoms. The number of hydrogen-bond donors (Lipinski definition) is 2. The molecule has 0 aliphatic heterocycles. The van der Waals surface area contributed by atoms with Crippen molar-refractivity contribution >= 4 is 10.0 Å². The van der Waals surface area contributed by atoms with Crippen molar-refractivity contribution in [3.05, 3.63) is 23.8 Å². The van der Waals surface area contributed by atoms with E-state index in [1.165, 1.54) is 12.1 Å². The molecule has 0 fully saturated rings. The number of rotatable bonds is 7. The molecule has 0 saturated heterocycles. The third kappa shape index (κ3) is 3.66. The second-order valence-electron chi connectivity index (χ2n) is 3.49. The maximum absolute atomic E-state index is 12.0. The van der Waals surface area contributed by atoms with Crippen molar-refractivity contribution in [3.63, 3.8) is 0 Å². The Morgan fingerprint density at radius 1 is 1.44 bits per heavy atom. The van der Waals surface area contributed by atoms with Gasteiger partial charge in [0.25, 0.3) is 0 Å². The van der Waals surface area contributed by atoms with Crippen LogP contribution in [0, 0.1) is 0 Å². The highest BCUT2D eigenvalue weighted by Crippen LogP contribution is 2.22. The summed E-state index contributed by atoms with van der Waals surface area (Å²) in [5, 5.41) is 0. The molecule has 3 N–H and O–H groups in total. The number of halogens is 1. The first-order valence-electron chi connectivity index (χ1n) is 5.56. The zero-order valence-electron chi connectivity index (χ0n) is 10.1. The van der Waals surface area contributed by atoms with Gasteiger partial charge >= 0.3 is 0 Å². The average molecular weight is 276 g/mol. The second-order valence-corrected chi connectivity index (χ2v) is 5.26. The first-order chi connectivity index (χ1) is 8.55. The SMILES string of the molecule is CCOc1ccc(S(=O)(=O)NCCF)cc1CN. The van der Waals surface area contributed by atoms with Gasteiger partial charge in [0, 0.05) is 18.7 Å². The quantitative estimate of drug-likeness (QED) is 0.771. The lowest BCUT2D eigenvalue weighted by molar-refractivity contribution is 0.336. The fourth-order valence-electron chi connectivity index (χ4n) is 1.44. The molecule has 0 bridgehead atoms. The molecule has 7 heteroatoms. The van der Waals surface area contributed by atoms with Crippen molar-refractivity contribution in [2.24, 2.45) is 5.73 Å². The molecule has 0 atom stereocenters. The van der Waals surface area contributed by atoms with Crippen LogP contribution in [0.1, 0.15) is 12.5 Å². The van der Waals surface area contributed by atoms with Gasteiger partial charge in [-0.25, -0.2) is 17.5 Å². The summed E-state index contributed by atoms with van der Waals surface area (Å²) in [5.74, 6) is 0.560.